The van der Waals surface area contributed by atoms with Gasteiger partial charge in [0.05, 0.1) is 13.2 Å². The number of esters is 1. The molecule has 2 rings (SSSR count). The number of carbonyl (C=O) groups is 2. The average Bonchev–Trinajstić information content (AvgIpc) is 3.07. The van der Waals surface area contributed by atoms with Crippen LogP contribution in [0.1, 0.15) is 60.2 Å². The number of carbonyl (C=O) groups excluding carboxylic acids is 2. The van der Waals surface area contributed by atoms with Gasteiger partial charge in [0, 0.05) is 24.1 Å². The quantitative estimate of drug-likeness (QED) is 0.441. The van der Waals surface area contributed by atoms with Crippen molar-refractivity contribution in [2.75, 3.05) is 13.7 Å². The minimum absolute atomic E-state index is 0.102. The Labute approximate surface area is 165 Å². The number of allylic oxidation sites excluding steroid dienone is 2. The Morgan fingerprint density at radius 2 is 2.11 bits per heavy atom. The largest absolute Gasteiger partial charge is 0.507 e. The lowest BCUT2D eigenvalue weighted by atomic mass is 9.94. The van der Waals surface area contributed by atoms with Crippen molar-refractivity contribution in [3.8, 4) is 11.5 Å². The van der Waals surface area contributed by atoms with Crippen LogP contribution in [-0.2, 0) is 22.6 Å². The number of benzene rings is 1. The van der Waals surface area contributed by atoms with Gasteiger partial charge in [-0.15, -0.1) is 0 Å². The molecule has 0 spiro atoms. The Kier molecular flexibility index (Phi) is 7.45. The third-order valence-electron chi connectivity index (χ3n) is 5.05. The van der Waals surface area contributed by atoms with Crippen molar-refractivity contribution in [2.45, 2.75) is 59.2 Å². The summed E-state index contributed by atoms with van der Waals surface area (Å²) in [6.45, 7) is 6.00. The molecule has 0 radical (unpaired) electrons. The molecule has 3 N–H and O–H groups in total. The Balaban J connectivity index is 2.07. The van der Waals surface area contributed by atoms with Gasteiger partial charge in [0.2, 0.25) is 5.91 Å². The van der Waals surface area contributed by atoms with Crippen molar-refractivity contribution >= 4 is 11.9 Å². The van der Waals surface area contributed by atoms with Gasteiger partial charge in [-0.05, 0) is 38.7 Å². The van der Waals surface area contributed by atoms with Crippen LogP contribution >= 0.6 is 0 Å². The number of aromatic hydroxyl groups is 1. The Morgan fingerprint density at radius 3 is 2.75 bits per heavy atom. The van der Waals surface area contributed by atoms with Gasteiger partial charge in [0.25, 0.3) is 0 Å². The second kappa shape index (κ2) is 9.59. The Morgan fingerprint density at radius 1 is 1.39 bits per heavy atom. The lowest BCUT2D eigenvalue weighted by Crippen LogP contribution is -2.31. The van der Waals surface area contributed by atoms with E-state index >= 15 is 0 Å². The maximum atomic E-state index is 11.9. The highest BCUT2D eigenvalue weighted by atomic mass is 16.5. The molecule has 154 valence electrons. The first-order valence-electron chi connectivity index (χ1n) is 9.48. The summed E-state index contributed by atoms with van der Waals surface area (Å²) >= 11 is 0. The smallest absolute Gasteiger partial charge is 0.342 e. The predicted molar refractivity (Wildman–Crippen MR) is 105 cm³/mol. The molecule has 0 bridgehead atoms. The van der Waals surface area contributed by atoms with Crippen LogP contribution in [0.25, 0.3) is 0 Å². The first-order chi connectivity index (χ1) is 13.3. The predicted octanol–water partition coefficient (Wildman–Crippen LogP) is 2.54. The Hall–Kier alpha value is -2.54. The minimum atomic E-state index is -0.522. The van der Waals surface area contributed by atoms with Crippen molar-refractivity contribution in [1.82, 2.24) is 5.32 Å². The number of phenols is 1. The number of phenolic OH excluding ortho intramolecular Hbond substituents is 1. The first kappa shape index (κ1) is 21.8. The lowest BCUT2D eigenvalue weighted by molar-refractivity contribution is -0.121. The van der Waals surface area contributed by atoms with Gasteiger partial charge in [-0.1, -0.05) is 18.6 Å². The summed E-state index contributed by atoms with van der Waals surface area (Å²) in [5.41, 5.74) is 3.18. The van der Waals surface area contributed by atoms with Crippen LogP contribution < -0.4 is 10.1 Å². The second-order valence-corrected chi connectivity index (χ2v) is 7.04. The third-order valence-corrected chi connectivity index (χ3v) is 5.05. The number of aliphatic hydroxyl groups is 1. The van der Waals surface area contributed by atoms with E-state index in [-0.39, 0.29) is 30.4 Å². The number of ether oxygens (including phenoxy) is 2. The van der Waals surface area contributed by atoms with Crippen LogP contribution in [0, 0.1) is 6.92 Å². The summed E-state index contributed by atoms with van der Waals surface area (Å²) < 4.78 is 10.5. The van der Waals surface area contributed by atoms with E-state index in [1.807, 2.05) is 26.8 Å². The number of rotatable bonds is 9. The van der Waals surface area contributed by atoms with Gasteiger partial charge < -0.3 is 25.0 Å². The first-order valence-corrected chi connectivity index (χ1v) is 9.48. The normalized spacial score (nSPS) is 14.5. The number of hydrogen-bond donors (Lipinski definition) is 3. The van der Waals surface area contributed by atoms with Crippen LogP contribution in [0.3, 0.4) is 0 Å². The molecular weight excluding hydrogens is 362 g/mol. The van der Waals surface area contributed by atoms with Crippen LogP contribution in [0.4, 0.5) is 0 Å². The molecule has 0 saturated heterocycles. The molecule has 0 fully saturated rings. The highest BCUT2D eigenvalue weighted by Crippen LogP contribution is 2.42. The zero-order chi connectivity index (χ0) is 20.8. The summed E-state index contributed by atoms with van der Waals surface area (Å²) in [5, 5.41) is 22.8. The maximum Gasteiger partial charge on any atom is 0.342 e. The summed E-state index contributed by atoms with van der Waals surface area (Å²) in [4.78, 5) is 23.8. The molecule has 1 aromatic rings. The second-order valence-electron chi connectivity index (χ2n) is 7.04. The fourth-order valence-corrected chi connectivity index (χ4v) is 3.18. The van der Waals surface area contributed by atoms with E-state index in [0.717, 1.165) is 11.1 Å². The van der Waals surface area contributed by atoms with E-state index in [1.165, 1.54) is 7.11 Å². The van der Waals surface area contributed by atoms with E-state index in [2.05, 4.69) is 5.32 Å². The number of cyclic esters (lactones) is 1. The van der Waals surface area contributed by atoms with Crippen LogP contribution in [0.2, 0.25) is 0 Å². The van der Waals surface area contributed by atoms with Gasteiger partial charge in [-0.2, -0.15) is 0 Å². The van der Waals surface area contributed by atoms with E-state index in [1.54, 1.807) is 0 Å². The van der Waals surface area contributed by atoms with E-state index in [9.17, 15) is 19.8 Å². The van der Waals surface area contributed by atoms with Crippen molar-refractivity contribution < 1.29 is 29.3 Å². The van der Waals surface area contributed by atoms with E-state index < -0.39 is 12.1 Å². The monoisotopic (exact) mass is 391 g/mol. The minimum Gasteiger partial charge on any atom is -0.507 e. The molecule has 0 unspecified atom stereocenters. The van der Waals surface area contributed by atoms with Crippen molar-refractivity contribution in [3.63, 3.8) is 0 Å². The van der Waals surface area contributed by atoms with Gasteiger partial charge >= 0.3 is 5.97 Å². The van der Waals surface area contributed by atoms with E-state index in [0.29, 0.717) is 42.6 Å². The fraction of sp³-hybridized carbons (Fsp3) is 0.524. The molecule has 1 aliphatic rings. The molecule has 1 amide bonds. The number of amides is 1. The summed E-state index contributed by atoms with van der Waals surface area (Å²) in [5.74, 6) is -0.192. The molecule has 1 aliphatic heterocycles. The SMILES string of the molecule is CC[C@H](O)CNC(=O)CC/C(C)=C/Cc1c(O)c2c(c(C)c1OC)COC2=O. The zero-order valence-electron chi connectivity index (χ0n) is 16.9. The lowest BCUT2D eigenvalue weighted by Gasteiger charge is -2.15. The van der Waals surface area contributed by atoms with Gasteiger partial charge in [0.15, 0.2) is 0 Å². The van der Waals surface area contributed by atoms with Crippen LogP contribution in [0.15, 0.2) is 11.6 Å². The van der Waals surface area contributed by atoms with Gasteiger partial charge in [-0.25, -0.2) is 4.79 Å². The number of nitrogens with one attached hydrogen (secondary N) is 1. The molecular formula is C21H29NO6. The average molecular weight is 391 g/mol. The number of aliphatic hydroxyl groups excluding tert-OH is 1. The zero-order valence-corrected chi connectivity index (χ0v) is 16.9. The van der Waals surface area contributed by atoms with Crippen LogP contribution in [-0.4, -0.2) is 41.8 Å². The molecule has 7 nitrogen and oxygen atoms in total. The molecule has 1 atom stereocenters. The van der Waals surface area contributed by atoms with Gasteiger partial charge in [-0.3, -0.25) is 4.79 Å². The third kappa shape index (κ3) is 4.84. The topological polar surface area (TPSA) is 105 Å². The summed E-state index contributed by atoms with van der Waals surface area (Å²) in [7, 11) is 1.53. The number of methoxy groups -OCH3 is 1. The standard InChI is InChI=1S/C21H29NO6/c1-5-14(23)10-22-17(24)9-7-12(2)6-8-15-19(25)18-16(11-28-21(18)26)13(3)20(15)27-4/h6,14,23,25H,5,7-11H2,1-4H3,(H,22,24)/b12-6+/t14-/m0/s1. The van der Waals surface area contributed by atoms with Crippen molar-refractivity contribution in [2.24, 2.45) is 0 Å². The molecule has 7 heteroatoms. The Bertz CT molecular complexity index is 784. The molecule has 28 heavy (non-hydrogen) atoms. The fourth-order valence-electron chi connectivity index (χ4n) is 3.18. The molecule has 0 aliphatic carbocycles. The number of hydrogen-bond acceptors (Lipinski definition) is 6. The highest BCUT2D eigenvalue weighted by Gasteiger charge is 2.31. The van der Waals surface area contributed by atoms with Gasteiger partial charge in [0.1, 0.15) is 23.7 Å². The maximum absolute atomic E-state index is 11.9. The summed E-state index contributed by atoms with van der Waals surface area (Å²) in [6.07, 6.45) is 3.24. The molecule has 1 aromatic carbocycles. The van der Waals surface area contributed by atoms with Crippen molar-refractivity contribution in [3.05, 3.63) is 33.9 Å². The molecule has 1 heterocycles. The molecule has 0 aromatic heterocycles. The highest BCUT2D eigenvalue weighted by molar-refractivity contribution is 5.98. The van der Waals surface area contributed by atoms with Crippen molar-refractivity contribution in [1.29, 1.82) is 0 Å². The molecule has 0 saturated carbocycles. The van der Waals surface area contributed by atoms with Crippen LogP contribution in [0.5, 0.6) is 11.5 Å². The number of fused-ring (bicyclic) bond motifs is 1. The van der Waals surface area contributed by atoms with E-state index in [4.69, 9.17) is 9.47 Å². The summed E-state index contributed by atoms with van der Waals surface area (Å²) in [6, 6.07) is 0.